The second kappa shape index (κ2) is 16.9. The Bertz CT molecular complexity index is 2190. The minimum absolute atomic E-state index is 0.0866. The van der Waals surface area contributed by atoms with Gasteiger partial charge in [-0.25, -0.2) is 0 Å². The van der Waals surface area contributed by atoms with Crippen molar-refractivity contribution in [3.05, 3.63) is 166 Å². The number of anilines is 2. The van der Waals surface area contributed by atoms with Gasteiger partial charge in [0, 0.05) is 82.1 Å². The number of hydrogen-bond donors (Lipinski definition) is 0. The molecule has 0 amide bonds. The number of nitrogens with zero attached hydrogens (tertiary/aromatic N) is 3. The summed E-state index contributed by atoms with van der Waals surface area (Å²) in [6, 6.07) is 36.5. The number of para-hydroxylation sites is 2. The third-order valence-corrected chi connectivity index (χ3v) is 14.8. The summed E-state index contributed by atoms with van der Waals surface area (Å²) in [5.41, 5.74) is 17.7. The molecular weight excluding hydrogens is 727 g/mol. The maximum atomic E-state index is 2.71. The predicted octanol–water partition coefficient (Wildman–Crippen LogP) is 14.7. The molecule has 2 heterocycles. The van der Waals surface area contributed by atoms with Crippen LogP contribution in [0.25, 0.3) is 0 Å². The molecule has 310 valence electrons. The first kappa shape index (κ1) is 40.5. The first-order valence-corrected chi connectivity index (χ1v) is 23.5. The van der Waals surface area contributed by atoms with E-state index in [0.717, 1.165) is 37.8 Å². The Morgan fingerprint density at radius 3 is 1.32 bits per heavy atom. The summed E-state index contributed by atoms with van der Waals surface area (Å²) >= 11 is 0. The molecule has 60 heavy (non-hydrogen) atoms. The van der Waals surface area contributed by atoms with Crippen LogP contribution in [0.5, 0.6) is 0 Å². The molecule has 0 atom stereocenters. The van der Waals surface area contributed by atoms with E-state index in [1.807, 2.05) is 0 Å². The first-order chi connectivity index (χ1) is 29.1. The Hall–Kier alpha value is -4.89. The number of aryl methyl sites for hydroxylation is 2. The summed E-state index contributed by atoms with van der Waals surface area (Å²) in [6.07, 6.45) is 25.7. The molecule has 3 saturated carbocycles. The lowest BCUT2D eigenvalue weighted by Crippen LogP contribution is -2.31. The topological polar surface area (TPSA) is 9.49 Å². The molecule has 0 aromatic heterocycles. The molecule has 3 aliphatic carbocycles. The van der Waals surface area contributed by atoms with Crippen molar-refractivity contribution in [1.29, 1.82) is 0 Å². The normalized spacial score (nSPS) is 23.0. The Balaban J connectivity index is 1.19. The molecule has 4 aromatic carbocycles. The lowest BCUT2D eigenvalue weighted by molar-refractivity contribution is 0.361. The maximum Gasteiger partial charge on any atom is 0.218 e. The maximum absolute atomic E-state index is 2.71. The predicted molar refractivity (Wildman–Crippen MR) is 257 cm³/mol. The van der Waals surface area contributed by atoms with E-state index < -0.39 is 0 Å². The summed E-state index contributed by atoms with van der Waals surface area (Å²) in [5.74, 6) is 1.49. The molecule has 3 heteroatoms. The van der Waals surface area contributed by atoms with Gasteiger partial charge in [-0.05, 0) is 99.6 Å². The standard InChI is InChI=1S/C57H68N3/c1-41-27-33-51-49(37-41)56(3,4)53(58(51)39-43-19-11-7-12-20-43)35-31-45-29-30-46(55(45)60(47-23-15-9-16-24-47)48-25-17-10-18-26-48)32-36-54-57(5,6)50-38-42(2)28-34-52(50)59(54)40-44-21-13-8-14-22-44/h9-10,15-18,23-28,31-38,43-44H,7-8,11-14,19-22,29-30,39-40H2,1-6H3/q+1. The van der Waals surface area contributed by atoms with E-state index in [0.29, 0.717) is 0 Å². The summed E-state index contributed by atoms with van der Waals surface area (Å²) in [7, 11) is 0. The summed E-state index contributed by atoms with van der Waals surface area (Å²) < 4.78 is 2.54. The van der Waals surface area contributed by atoms with Gasteiger partial charge in [0.1, 0.15) is 0 Å². The zero-order valence-corrected chi connectivity index (χ0v) is 37.4. The number of fused-ring (bicyclic) bond motifs is 2. The van der Waals surface area contributed by atoms with Gasteiger partial charge in [0.2, 0.25) is 17.1 Å². The molecule has 5 aliphatic rings. The van der Waals surface area contributed by atoms with Gasteiger partial charge < -0.3 is 9.80 Å². The Morgan fingerprint density at radius 2 is 0.917 bits per heavy atom. The molecule has 0 saturated heterocycles. The SMILES string of the molecule is Cc1ccc2c(c1)C(C)(C)C(=C/C=C1\CC/C(=C\C=C3N(CC4CCCCC4)c4ccc(C)cc4C3(C)C)C1=[N+](c1ccccc1)c1ccccc1)N2CC1CCCCC1. The minimum Gasteiger partial charge on any atom is -0.344 e. The van der Waals surface area contributed by atoms with Crippen molar-refractivity contribution in [3.63, 3.8) is 0 Å². The highest BCUT2D eigenvalue weighted by molar-refractivity contribution is 6.17. The van der Waals surface area contributed by atoms with Crippen molar-refractivity contribution < 1.29 is 0 Å². The number of allylic oxidation sites excluding steroid dienone is 8. The zero-order chi connectivity index (χ0) is 41.4. The number of rotatable bonds is 8. The average molecular weight is 795 g/mol. The first-order valence-electron chi connectivity index (χ1n) is 23.5. The van der Waals surface area contributed by atoms with Crippen molar-refractivity contribution in [3.8, 4) is 0 Å². The van der Waals surface area contributed by atoms with Crippen LogP contribution in [0.15, 0.2) is 144 Å². The van der Waals surface area contributed by atoms with Crippen molar-refractivity contribution in [1.82, 2.24) is 4.58 Å². The average Bonchev–Trinajstić information content (AvgIpc) is 3.81. The monoisotopic (exact) mass is 795 g/mol. The molecule has 0 radical (unpaired) electrons. The lowest BCUT2D eigenvalue weighted by Gasteiger charge is -2.32. The molecule has 4 aromatic rings. The molecule has 9 rings (SSSR count). The van der Waals surface area contributed by atoms with Crippen LogP contribution in [0.3, 0.4) is 0 Å². The van der Waals surface area contributed by atoms with E-state index in [4.69, 9.17) is 0 Å². The van der Waals surface area contributed by atoms with E-state index in [2.05, 4.69) is 177 Å². The minimum atomic E-state index is -0.0866. The van der Waals surface area contributed by atoms with Gasteiger partial charge in [-0.3, -0.25) is 0 Å². The van der Waals surface area contributed by atoms with Crippen LogP contribution in [-0.2, 0) is 10.8 Å². The molecule has 0 spiro atoms. The molecular formula is C57H68N3+. The van der Waals surface area contributed by atoms with Crippen LogP contribution >= 0.6 is 0 Å². The van der Waals surface area contributed by atoms with Gasteiger partial charge in [0.15, 0.2) is 0 Å². The van der Waals surface area contributed by atoms with Crippen LogP contribution in [0.4, 0.5) is 22.7 Å². The van der Waals surface area contributed by atoms with Gasteiger partial charge in [0.05, 0.1) is 0 Å². The molecule has 2 aliphatic heterocycles. The van der Waals surface area contributed by atoms with Gasteiger partial charge in [-0.2, -0.15) is 4.58 Å². The Kier molecular flexibility index (Phi) is 11.4. The van der Waals surface area contributed by atoms with Gasteiger partial charge in [0.25, 0.3) is 0 Å². The molecule has 3 nitrogen and oxygen atoms in total. The fourth-order valence-corrected chi connectivity index (χ4v) is 11.5. The third kappa shape index (κ3) is 7.78. The highest BCUT2D eigenvalue weighted by Gasteiger charge is 2.43. The van der Waals surface area contributed by atoms with Crippen LogP contribution in [0.2, 0.25) is 0 Å². The number of benzene rings is 4. The van der Waals surface area contributed by atoms with E-state index in [9.17, 15) is 0 Å². The van der Waals surface area contributed by atoms with E-state index in [1.165, 1.54) is 137 Å². The van der Waals surface area contributed by atoms with Gasteiger partial charge >= 0.3 is 0 Å². The fourth-order valence-electron chi connectivity index (χ4n) is 11.5. The summed E-state index contributed by atoms with van der Waals surface area (Å²) in [6.45, 7) is 16.5. The van der Waals surface area contributed by atoms with E-state index in [1.54, 1.807) is 0 Å². The highest BCUT2D eigenvalue weighted by atomic mass is 15.2. The third-order valence-electron chi connectivity index (χ3n) is 14.8. The van der Waals surface area contributed by atoms with Crippen LogP contribution in [0.1, 0.15) is 127 Å². The van der Waals surface area contributed by atoms with Crippen LogP contribution < -0.4 is 14.4 Å². The molecule has 0 unspecified atom stereocenters. The van der Waals surface area contributed by atoms with E-state index in [-0.39, 0.29) is 10.8 Å². The van der Waals surface area contributed by atoms with E-state index >= 15 is 0 Å². The van der Waals surface area contributed by atoms with Crippen molar-refractivity contribution in [2.45, 2.75) is 129 Å². The van der Waals surface area contributed by atoms with Gasteiger partial charge in [-0.1, -0.05) is 150 Å². The second-order valence-corrected chi connectivity index (χ2v) is 19.9. The van der Waals surface area contributed by atoms with Crippen LogP contribution in [0, 0.1) is 25.7 Å². The van der Waals surface area contributed by atoms with Crippen molar-refractivity contribution in [2.75, 3.05) is 22.9 Å². The van der Waals surface area contributed by atoms with Crippen LogP contribution in [-0.4, -0.2) is 18.8 Å². The fraction of sp³-hybridized carbons (Fsp3) is 0.421. The Labute approximate surface area is 361 Å². The second-order valence-electron chi connectivity index (χ2n) is 19.9. The zero-order valence-electron chi connectivity index (χ0n) is 37.4. The molecule has 3 fully saturated rings. The molecule has 0 N–H and O–H groups in total. The van der Waals surface area contributed by atoms with Crippen molar-refractivity contribution >= 4 is 28.5 Å². The smallest absolute Gasteiger partial charge is 0.218 e. The largest absolute Gasteiger partial charge is 0.344 e. The summed E-state index contributed by atoms with van der Waals surface area (Å²) in [4.78, 5) is 5.43. The van der Waals surface area contributed by atoms with Crippen molar-refractivity contribution in [2.24, 2.45) is 11.8 Å². The Morgan fingerprint density at radius 1 is 0.517 bits per heavy atom. The quantitative estimate of drug-likeness (QED) is 0.164. The molecule has 0 bridgehead atoms. The van der Waals surface area contributed by atoms with Gasteiger partial charge in [-0.15, -0.1) is 0 Å². The lowest BCUT2D eigenvalue weighted by atomic mass is 9.82. The highest BCUT2D eigenvalue weighted by Crippen LogP contribution is 2.51. The number of hydrogen-bond acceptors (Lipinski definition) is 2. The summed E-state index contributed by atoms with van der Waals surface area (Å²) in [5, 5.41) is 0.